The largest absolute Gasteiger partial charge is 0.459 e. The summed E-state index contributed by atoms with van der Waals surface area (Å²) in [4.78, 5) is 52.7. The highest BCUT2D eigenvalue weighted by atomic mass is 16.5. The molecule has 57 heavy (non-hydrogen) atoms. The summed E-state index contributed by atoms with van der Waals surface area (Å²) in [5.41, 5.74) is 0.742. The molecule has 3 amide bonds. The lowest BCUT2D eigenvalue weighted by Crippen LogP contribution is -2.68. The molecule has 6 atom stereocenters. The minimum absolute atomic E-state index is 0.0481. The van der Waals surface area contributed by atoms with E-state index in [4.69, 9.17) is 9.47 Å². The predicted octanol–water partition coefficient (Wildman–Crippen LogP) is 7.05. The minimum Gasteiger partial charge on any atom is -0.459 e. The van der Waals surface area contributed by atoms with Gasteiger partial charge in [0.2, 0.25) is 17.7 Å². The quantitative estimate of drug-likeness (QED) is 0.0320. The van der Waals surface area contributed by atoms with E-state index in [9.17, 15) is 34.5 Å². The summed E-state index contributed by atoms with van der Waals surface area (Å²) in [5, 5.41) is 39.4. The lowest BCUT2D eigenvalue weighted by Gasteiger charge is -2.42. The van der Waals surface area contributed by atoms with Crippen LogP contribution < -0.4 is 16.0 Å². The molecule has 0 saturated carbocycles. The number of amides is 3. The Bertz CT molecular complexity index is 1220. The minimum atomic E-state index is -1.56. The van der Waals surface area contributed by atoms with Crippen molar-refractivity contribution in [2.75, 3.05) is 6.61 Å². The maximum atomic E-state index is 13.5. The Balaban J connectivity index is 1.92. The first-order chi connectivity index (χ1) is 27.7. The highest BCUT2D eigenvalue weighted by molar-refractivity contribution is 5.89. The van der Waals surface area contributed by atoms with Gasteiger partial charge in [-0.1, -0.05) is 173 Å². The standard InChI is InChI=1S/C45H77N3O9/c1-3-5-7-9-11-13-15-17-19-21-26-30-38(50)46-36(45(55)56-34-35-28-24-23-25-29-35)32-40(52)48-44-41(43(54)42(53)37(33-49)57-44)47-39(51)31-27-22-20-18-16-14-12-10-8-6-4-2/h23-25,28-29,36-37,41-44,49,53-54H,3-22,26-27,30-34H2,1-2H3,(H,46,50)(H,47,51)(H,48,52)/t36-,37+,41+,42+,43+,44+/m0/s1. The summed E-state index contributed by atoms with van der Waals surface area (Å²) < 4.78 is 11.3. The number of hydrogen-bond acceptors (Lipinski definition) is 9. The molecule has 1 aliphatic heterocycles. The number of aliphatic hydroxyl groups is 3. The van der Waals surface area contributed by atoms with Crippen molar-refractivity contribution in [3.63, 3.8) is 0 Å². The summed E-state index contributed by atoms with van der Waals surface area (Å²) in [6.07, 6.45) is 19.3. The Morgan fingerprint density at radius 1 is 0.632 bits per heavy atom. The number of unbranched alkanes of at least 4 members (excludes halogenated alkanes) is 20. The molecule has 326 valence electrons. The van der Waals surface area contributed by atoms with Crippen LogP contribution >= 0.6 is 0 Å². The first kappa shape index (κ1) is 50.1. The fourth-order valence-corrected chi connectivity index (χ4v) is 7.25. The van der Waals surface area contributed by atoms with Gasteiger partial charge in [0.05, 0.1) is 13.0 Å². The second kappa shape index (κ2) is 31.9. The lowest BCUT2D eigenvalue weighted by atomic mass is 9.95. The molecule has 0 spiro atoms. The summed E-state index contributed by atoms with van der Waals surface area (Å²) in [6.45, 7) is 3.74. The molecule has 0 radical (unpaired) electrons. The molecule has 1 aliphatic rings. The van der Waals surface area contributed by atoms with E-state index in [1.165, 1.54) is 89.9 Å². The van der Waals surface area contributed by atoms with E-state index in [1.807, 2.05) is 18.2 Å². The number of hydrogen-bond donors (Lipinski definition) is 6. The molecule has 0 unspecified atom stereocenters. The predicted molar refractivity (Wildman–Crippen MR) is 223 cm³/mol. The average molecular weight is 804 g/mol. The van der Waals surface area contributed by atoms with Crippen molar-refractivity contribution in [3.05, 3.63) is 35.9 Å². The molecule has 6 N–H and O–H groups in total. The molecule has 1 saturated heterocycles. The topological polar surface area (TPSA) is 184 Å². The second-order valence-electron chi connectivity index (χ2n) is 15.9. The summed E-state index contributed by atoms with van der Waals surface area (Å²) in [6, 6.07) is 6.51. The van der Waals surface area contributed by atoms with E-state index in [0.29, 0.717) is 12.8 Å². The van der Waals surface area contributed by atoms with Crippen molar-refractivity contribution in [3.8, 4) is 0 Å². The van der Waals surface area contributed by atoms with Crippen LogP contribution in [0.25, 0.3) is 0 Å². The molecule has 0 aliphatic carbocycles. The summed E-state index contributed by atoms with van der Waals surface area (Å²) >= 11 is 0. The van der Waals surface area contributed by atoms with Gasteiger partial charge in [-0.3, -0.25) is 14.4 Å². The van der Waals surface area contributed by atoms with Crippen LogP contribution in [0.1, 0.15) is 180 Å². The Labute approximate surface area is 343 Å². The van der Waals surface area contributed by atoms with Gasteiger partial charge in [-0.25, -0.2) is 4.79 Å². The van der Waals surface area contributed by atoms with Crippen molar-refractivity contribution in [2.45, 2.75) is 218 Å². The third kappa shape index (κ3) is 22.6. The molecular weight excluding hydrogens is 727 g/mol. The van der Waals surface area contributed by atoms with E-state index in [1.54, 1.807) is 12.1 Å². The Morgan fingerprint density at radius 2 is 1.11 bits per heavy atom. The number of aliphatic hydroxyl groups excluding tert-OH is 3. The first-order valence-electron chi connectivity index (χ1n) is 22.4. The van der Waals surface area contributed by atoms with Crippen LogP contribution in [0.5, 0.6) is 0 Å². The van der Waals surface area contributed by atoms with Gasteiger partial charge in [0.15, 0.2) is 6.23 Å². The van der Waals surface area contributed by atoms with Gasteiger partial charge in [0, 0.05) is 12.8 Å². The van der Waals surface area contributed by atoms with Crippen LogP contribution in [0.15, 0.2) is 30.3 Å². The fourth-order valence-electron chi connectivity index (χ4n) is 7.25. The van der Waals surface area contributed by atoms with Crippen LogP contribution in [0, 0.1) is 0 Å². The van der Waals surface area contributed by atoms with E-state index >= 15 is 0 Å². The van der Waals surface area contributed by atoms with Crippen LogP contribution in [-0.2, 0) is 35.3 Å². The third-order valence-electron chi connectivity index (χ3n) is 10.8. The van der Waals surface area contributed by atoms with E-state index < -0.39 is 61.5 Å². The molecule has 2 rings (SSSR count). The maximum Gasteiger partial charge on any atom is 0.329 e. The second-order valence-corrected chi connectivity index (χ2v) is 15.9. The molecule has 0 bridgehead atoms. The number of esters is 1. The summed E-state index contributed by atoms with van der Waals surface area (Å²) in [7, 11) is 0. The zero-order valence-corrected chi connectivity index (χ0v) is 35.2. The number of carbonyl (C=O) groups is 4. The molecule has 12 nitrogen and oxygen atoms in total. The van der Waals surface area contributed by atoms with Crippen LogP contribution in [0.3, 0.4) is 0 Å². The Morgan fingerprint density at radius 3 is 1.60 bits per heavy atom. The summed E-state index contributed by atoms with van der Waals surface area (Å²) in [5.74, 6) is -2.25. The zero-order chi connectivity index (χ0) is 41.5. The zero-order valence-electron chi connectivity index (χ0n) is 35.2. The van der Waals surface area contributed by atoms with Gasteiger partial charge in [-0.15, -0.1) is 0 Å². The fraction of sp³-hybridized carbons (Fsp3) is 0.778. The van der Waals surface area contributed by atoms with Gasteiger partial charge in [-0.2, -0.15) is 0 Å². The first-order valence-corrected chi connectivity index (χ1v) is 22.4. The van der Waals surface area contributed by atoms with Crippen molar-refractivity contribution < 1.29 is 44.0 Å². The smallest absolute Gasteiger partial charge is 0.329 e. The van der Waals surface area contributed by atoms with Crippen LogP contribution in [0.2, 0.25) is 0 Å². The number of nitrogens with one attached hydrogen (secondary N) is 3. The Hall–Kier alpha value is -3.06. The van der Waals surface area contributed by atoms with Gasteiger partial charge >= 0.3 is 5.97 Å². The van der Waals surface area contributed by atoms with Gasteiger partial charge in [0.1, 0.15) is 37.0 Å². The van der Waals surface area contributed by atoms with Gasteiger partial charge in [0.25, 0.3) is 0 Å². The normalized spacial score (nSPS) is 19.8. The van der Waals surface area contributed by atoms with Gasteiger partial charge < -0.3 is 40.7 Å². The van der Waals surface area contributed by atoms with Crippen molar-refractivity contribution in [1.29, 1.82) is 0 Å². The van der Waals surface area contributed by atoms with Crippen molar-refractivity contribution >= 4 is 23.7 Å². The molecule has 1 heterocycles. The Kier molecular flexibility index (Phi) is 28.0. The molecule has 1 aromatic rings. The lowest BCUT2D eigenvalue weighted by molar-refractivity contribution is -0.203. The average Bonchev–Trinajstić information content (AvgIpc) is 3.20. The monoisotopic (exact) mass is 804 g/mol. The number of rotatable bonds is 33. The van der Waals surface area contributed by atoms with E-state index in [0.717, 1.165) is 44.1 Å². The molecule has 1 aromatic carbocycles. The number of ether oxygens (including phenoxy) is 2. The van der Waals surface area contributed by atoms with Crippen molar-refractivity contribution in [2.24, 2.45) is 0 Å². The molecule has 1 fully saturated rings. The maximum absolute atomic E-state index is 13.5. The SMILES string of the molecule is CCCCCCCCCCCCCC(=O)N[C@@H]1[C@@H](O)[C@H](O)[C@@H](CO)O[C@H]1NC(=O)C[C@H](NC(=O)CCCCCCCCCCCCC)C(=O)OCc1ccccc1. The van der Waals surface area contributed by atoms with Crippen molar-refractivity contribution in [1.82, 2.24) is 16.0 Å². The number of benzene rings is 1. The van der Waals surface area contributed by atoms with Gasteiger partial charge in [-0.05, 0) is 18.4 Å². The van der Waals surface area contributed by atoms with E-state index in [2.05, 4.69) is 29.8 Å². The number of carbonyl (C=O) groups excluding carboxylic acids is 4. The molecule has 0 aromatic heterocycles. The molecular formula is C45H77N3O9. The van der Waals surface area contributed by atoms with Crippen LogP contribution in [0.4, 0.5) is 0 Å². The van der Waals surface area contributed by atoms with E-state index in [-0.39, 0.29) is 31.3 Å². The highest BCUT2D eigenvalue weighted by Gasteiger charge is 2.45. The highest BCUT2D eigenvalue weighted by Crippen LogP contribution is 2.21. The molecule has 12 heteroatoms. The van der Waals surface area contributed by atoms with Crippen LogP contribution in [-0.4, -0.2) is 82.2 Å². The third-order valence-corrected chi connectivity index (χ3v) is 10.8.